The van der Waals surface area contributed by atoms with Gasteiger partial charge < -0.3 is 13.9 Å². The van der Waals surface area contributed by atoms with Crippen LogP contribution in [0.1, 0.15) is 65.5 Å². The molecule has 0 spiro atoms. The molecule has 3 aromatic carbocycles. The van der Waals surface area contributed by atoms with Crippen LogP contribution < -0.4 is 15.9 Å². The number of hydrogen-bond acceptors (Lipinski definition) is 6. The van der Waals surface area contributed by atoms with Gasteiger partial charge in [0.25, 0.3) is 11.1 Å². The number of ether oxygens (including phenoxy) is 1. The molecule has 2 unspecified atom stereocenters. The van der Waals surface area contributed by atoms with Gasteiger partial charge in [-0.1, -0.05) is 48.5 Å². The summed E-state index contributed by atoms with van der Waals surface area (Å²) in [6, 6.07) is 35.2. The molecule has 2 fully saturated rings. The number of nitrogens with zero attached hydrogens (tertiary/aromatic N) is 7. The molecule has 10 nitrogen and oxygen atoms in total. The molecule has 9 heterocycles. The molecule has 5 aromatic heterocycles. The van der Waals surface area contributed by atoms with Crippen molar-refractivity contribution in [3.63, 3.8) is 0 Å². The molecule has 0 radical (unpaired) electrons. The molecular formula is C53H53N7O3. The van der Waals surface area contributed by atoms with E-state index in [4.69, 9.17) is 4.74 Å². The number of aromatic nitrogens is 5. The molecule has 4 aliphatic heterocycles. The minimum atomic E-state index is -0.0872. The Kier molecular flexibility index (Phi) is 10.0. The summed E-state index contributed by atoms with van der Waals surface area (Å²) >= 11 is 0. The molecule has 10 heteroatoms. The van der Waals surface area contributed by atoms with E-state index in [1.54, 1.807) is 21.3 Å². The van der Waals surface area contributed by atoms with Gasteiger partial charge in [-0.2, -0.15) is 0 Å². The highest BCUT2D eigenvalue weighted by atomic mass is 16.5. The largest absolute Gasteiger partial charge is 0.489 e. The van der Waals surface area contributed by atoms with E-state index in [1.165, 1.54) is 83.1 Å². The SMILES string of the molecule is Cc1ccc(-c2ccn(-c3ccc4c5c(n(C)c4c3)CC3CCCN3C5)c(=O)c2)cn1.Cn1c2c(c3ccc(-n4ccc(OCc5ccccc5)cc4=O)cc31)C1CCCN1CC2. The number of benzene rings is 3. The third-order valence-corrected chi connectivity index (χ3v) is 14.3. The van der Waals surface area contributed by atoms with E-state index in [0.717, 1.165) is 59.7 Å². The summed E-state index contributed by atoms with van der Waals surface area (Å²) in [5, 5.41) is 2.65. The fourth-order valence-corrected chi connectivity index (χ4v) is 10.9. The molecule has 0 saturated carbocycles. The van der Waals surface area contributed by atoms with Gasteiger partial charge >= 0.3 is 0 Å². The third kappa shape index (κ3) is 7.11. The monoisotopic (exact) mass is 835 g/mol. The minimum absolute atomic E-state index is 0.0305. The van der Waals surface area contributed by atoms with E-state index in [9.17, 15) is 9.59 Å². The predicted octanol–water partition coefficient (Wildman–Crippen LogP) is 8.82. The lowest BCUT2D eigenvalue weighted by Gasteiger charge is -2.30. The summed E-state index contributed by atoms with van der Waals surface area (Å²) in [6.45, 7) is 7.05. The van der Waals surface area contributed by atoms with Crippen molar-refractivity contribution < 1.29 is 4.74 Å². The van der Waals surface area contributed by atoms with E-state index in [2.05, 4.69) is 74.4 Å². The standard InChI is InChI=1S/C27H27N3O2.C26H26N4O/c1-28-23-12-14-29-13-5-8-24(29)27(23)22-10-9-20(16-25(22)28)30-15-11-21(17-26(30)31)32-18-19-6-3-2-4-7-19;1-17-5-6-19(15-27-17)18-9-11-30(26(31)12-18)21-7-8-22-23-16-29-10-3-4-20(29)13-25(23)28(2)24(22)14-21/h2-4,6-7,9-11,15-17,24H,5,8,12-14,18H2,1H3;5-9,11-12,14-15,20H,3-4,10,13,16H2,1-2H3. The normalized spacial score (nSPS) is 18.1. The van der Waals surface area contributed by atoms with Crippen LogP contribution in [0, 0.1) is 6.92 Å². The smallest absolute Gasteiger partial charge is 0.258 e. The molecule has 318 valence electrons. The van der Waals surface area contributed by atoms with Crippen LogP contribution in [0.2, 0.25) is 0 Å². The second kappa shape index (κ2) is 16.0. The summed E-state index contributed by atoms with van der Waals surface area (Å²) in [5.74, 6) is 0.590. The van der Waals surface area contributed by atoms with Crippen molar-refractivity contribution in [2.75, 3.05) is 19.6 Å². The molecule has 0 aliphatic carbocycles. The summed E-state index contributed by atoms with van der Waals surface area (Å²) in [6.07, 6.45) is 12.9. The molecule has 12 rings (SSSR count). The van der Waals surface area contributed by atoms with Gasteiger partial charge in [0.15, 0.2) is 0 Å². The number of hydrogen-bond donors (Lipinski definition) is 0. The van der Waals surface area contributed by atoms with Crippen LogP contribution in [0.25, 0.3) is 44.3 Å². The molecule has 63 heavy (non-hydrogen) atoms. The molecular weight excluding hydrogens is 783 g/mol. The van der Waals surface area contributed by atoms with Crippen molar-refractivity contribution >= 4 is 21.8 Å². The number of pyridine rings is 3. The molecule has 2 atom stereocenters. The summed E-state index contributed by atoms with van der Waals surface area (Å²) < 4.78 is 13.9. The molecule has 4 aliphatic rings. The van der Waals surface area contributed by atoms with Crippen molar-refractivity contribution in [1.82, 2.24) is 33.1 Å². The van der Waals surface area contributed by atoms with Crippen LogP contribution in [0.4, 0.5) is 0 Å². The molecule has 0 N–H and O–H groups in total. The number of rotatable bonds is 6. The zero-order valence-electron chi connectivity index (χ0n) is 36.3. The molecule has 2 saturated heterocycles. The fourth-order valence-electron chi connectivity index (χ4n) is 10.9. The van der Waals surface area contributed by atoms with E-state index in [-0.39, 0.29) is 11.1 Å². The van der Waals surface area contributed by atoms with Crippen molar-refractivity contribution in [3.05, 3.63) is 176 Å². The number of fused-ring (bicyclic) bond motifs is 9. The first-order valence-corrected chi connectivity index (χ1v) is 22.5. The fraction of sp³-hybridized carbons (Fsp3) is 0.302. The quantitative estimate of drug-likeness (QED) is 0.167. The van der Waals surface area contributed by atoms with Gasteiger partial charge in [-0.3, -0.25) is 33.5 Å². The highest BCUT2D eigenvalue weighted by Crippen LogP contribution is 2.43. The van der Waals surface area contributed by atoms with Gasteiger partial charge in [0.1, 0.15) is 12.4 Å². The van der Waals surface area contributed by atoms with Crippen molar-refractivity contribution in [1.29, 1.82) is 0 Å². The van der Waals surface area contributed by atoms with Crippen LogP contribution >= 0.6 is 0 Å². The highest BCUT2D eigenvalue weighted by molar-refractivity contribution is 5.89. The zero-order valence-corrected chi connectivity index (χ0v) is 36.3. The Balaban J connectivity index is 0.000000141. The first kappa shape index (κ1) is 39.4. The Morgan fingerprint density at radius 1 is 0.683 bits per heavy atom. The molecule has 8 aromatic rings. The minimum Gasteiger partial charge on any atom is -0.489 e. The van der Waals surface area contributed by atoms with Crippen LogP contribution in [0.5, 0.6) is 5.75 Å². The lowest BCUT2D eigenvalue weighted by Crippen LogP contribution is -2.35. The summed E-state index contributed by atoms with van der Waals surface area (Å²) in [5.41, 5.74) is 13.9. The Morgan fingerprint density at radius 3 is 2.16 bits per heavy atom. The maximum absolute atomic E-state index is 13.0. The Bertz CT molecular complexity index is 3140. The second-order valence-corrected chi connectivity index (χ2v) is 17.9. The predicted molar refractivity (Wildman–Crippen MR) is 250 cm³/mol. The van der Waals surface area contributed by atoms with Gasteiger partial charge in [-0.15, -0.1) is 0 Å². The van der Waals surface area contributed by atoms with Gasteiger partial charge in [0.2, 0.25) is 0 Å². The lowest BCUT2D eigenvalue weighted by atomic mass is 9.96. The summed E-state index contributed by atoms with van der Waals surface area (Å²) in [7, 11) is 4.34. The topological polar surface area (TPSA) is 82.5 Å². The van der Waals surface area contributed by atoms with Gasteiger partial charge in [-0.25, -0.2) is 0 Å². The maximum Gasteiger partial charge on any atom is 0.258 e. The van der Waals surface area contributed by atoms with Gasteiger partial charge in [-0.05, 0) is 110 Å². The molecule has 0 bridgehead atoms. The molecule has 0 amide bonds. The first-order chi connectivity index (χ1) is 30.8. The zero-order chi connectivity index (χ0) is 42.8. The Hall–Kier alpha value is -6.49. The summed E-state index contributed by atoms with van der Waals surface area (Å²) in [4.78, 5) is 35.5. The van der Waals surface area contributed by atoms with Crippen molar-refractivity contribution in [3.8, 4) is 28.3 Å². The van der Waals surface area contributed by atoms with Gasteiger partial charge in [0, 0.05) is 116 Å². The number of aryl methyl sites for hydroxylation is 3. The van der Waals surface area contributed by atoms with Crippen molar-refractivity contribution in [2.24, 2.45) is 14.1 Å². The van der Waals surface area contributed by atoms with Crippen LogP contribution in [0.15, 0.2) is 131 Å². The van der Waals surface area contributed by atoms with Crippen LogP contribution in [-0.4, -0.2) is 58.7 Å². The average Bonchev–Trinajstić information content (AvgIpc) is 4.10. The average molecular weight is 836 g/mol. The first-order valence-electron chi connectivity index (χ1n) is 22.5. The lowest BCUT2D eigenvalue weighted by molar-refractivity contribution is 0.225. The Morgan fingerprint density at radius 2 is 1.40 bits per heavy atom. The second-order valence-electron chi connectivity index (χ2n) is 17.9. The van der Waals surface area contributed by atoms with Crippen LogP contribution in [0.3, 0.4) is 0 Å². The van der Waals surface area contributed by atoms with E-state index in [0.29, 0.717) is 24.4 Å². The maximum atomic E-state index is 13.0. The van der Waals surface area contributed by atoms with E-state index >= 15 is 0 Å². The Labute approximate surface area is 367 Å². The third-order valence-electron chi connectivity index (χ3n) is 14.3. The van der Waals surface area contributed by atoms with E-state index < -0.39 is 0 Å². The van der Waals surface area contributed by atoms with Crippen molar-refractivity contribution in [2.45, 2.75) is 70.7 Å². The van der Waals surface area contributed by atoms with E-state index in [1.807, 2.05) is 80.1 Å². The highest BCUT2D eigenvalue weighted by Gasteiger charge is 2.35. The van der Waals surface area contributed by atoms with Crippen LogP contribution in [-0.2, 0) is 40.1 Å². The van der Waals surface area contributed by atoms with Gasteiger partial charge in [0.05, 0.1) is 22.4 Å².